The topological polar surface area (TPSA) is 41.6 Å². The second-order valence-electron chi connectivity index (χ2n) is 5.14. The average Bonchev–Trinajstić information content (AvgIpc) is 2.57. The molecule has 1 saturated carbocycles. The lowest BCUT2D eigenvalue weighted by Crippen LogP contribution is -2.04. The second-order valence-corrected chi connectivity index (χ2v) is 5.14. The van der Waals surface area contributed by atoms with Crippen LogP contribution in [0.15, 0.2) is 18.5 Å². The quantitative estimate of drug-likeness (QED) is 0.801. The molecule has 0 spiro atoms. The summed E-state index contributed by atoms with van der Waals surface area (Å²) in [4.78, 5) is 12.1. The second kappa shape index (κ2) is 4.86. The van der Waals surface area contributed by atoms with Crippen molar-refractivity contribution in [2.45, 2.75) is 44.9 Å². The van der Waals surface area contributed by atoms with Gasteiger partial charge in [-0.25, -0.2) is 4.98 Å². The van der Waals surface area contributed by atoms with Crippen molar-refractivity contribution in [2.75, 3.05) is 0 Å². The fourth-order valence-corrected chi connectivity index (χ4v) is 2.85. The Morgan fingerprint density at radius 1 is 1.18 bits per heavy atom. The number of imidazole rings is 1. The number of H-pyrrole nitrogens is 1. The maximum Gasteiger partial charge on any atom is 0.107 e. The maximum absolute atomic E-state index is 4.64. The van der Waals surface area contributed by atoms with E-state index in [0.29, 0.717) is 0 Å². The van der Waals surface area contributed by atoms with Crippen molar-refractivity contribution in [3.8, 4) is 0 Å². The van der Waals surface area contributed by atoms with Crippen molar-refractivity contribution >= 4 is 11.0 Å². The van der Waals surface area contributed by atoms with Gasteiger partial charge in [0.2, 0.25) is 0 Å². The van der Waals surface area contributed by atoms with Gasteiger partial charge in [0.1, 0.15) is 5.82 Å². The smallest absolute Gasteiger partial charge is 0.107 e. The van der Waals surface area contributed by atoms with Gasteiger partial charge in [0, 0.05) is 12.6 Å². The summed E-state index contributed by atoms with van der Waals surface area (Å²) in [6.07, 6.45) is 13.1. The number of nitrogens with zero attached hydrogens (tertiary/aromatic N) is 2. The number of pyridine rings is 1. The van der Waals surface area contributed by atoms with Crippen LogP contribution in [0.2, 0.25) is 0 Å². The Labute approximate surface area is 102 Å². The van der Waals surface area contributed by atoms with Crippen LogP contribution in [0.3, 0.4) is 0 Å². The van der Waals surface area contributed by atoms with Gasteiger partial charge in [0.05, 0.1) is 17.2 Å². The molecule has 17 heavy (non-hydrogen) atoms. The van der Waals surface area contributed by atoms with Gasteiger partial charge in [0.25, 0.3) is 0 Å². The number of hydrogen-bond acceptors (Lipinski definition) is 2. The minimum Gasteiger partial charge on any atom is -0.341 e. The van der Waals surface area contributed by atoms with E-state index in [-0.39, 0.29) is 0 Å². The van der Waals surface area contributed by atoms with Crippen LogP contribution in [0, 0.1) is 5.92 Å². The predicted octanol–water partition coefficient (Wildman–Crippen LogP) is 3.47. The van der Waals surface area contributed by atoms with E-state index < -0.39 is 0 Å². The average molecular weight is 229 g/mol. The molecule has 1 aliphatic rings. The van der Waals surface area contributed by atoms with Gasteiger partial charge < -0.3 is 4.98 Å². The number of rotatable bonds is 2. The third-order valence-corrected chi connectivity index (χ3v) is 3.79. The highest BCUT2D eigenvalue weighted by atomic mass is 14.9. The molecule has 0 radical (unpaired) electrons. The summed E-state index contributed by atoms with van der Waals surface area (Å²) < 4.78 is 0. The third-order valence-electron chi connectivity index (χ3n) is 3.79. The number of fused-ring (bicyclic) bond motifs is 1. The first kappa shape index (κ1) is 10.8. The van der Waals surface area contributed by atoms with Gasteiger partial charge in [-0.1, -0.05) is 38.5 Å². The van der Waals surface area contributed by atoms with Gasteiger partial charge in [-0.15, -0.1) is 0 Å². The minimum atomic E-state index is 0.825. The molecular formula is C14H19N3. The fraction of sp³-hybridized carbons (Fsp3) is 0.571. The van der Waals surface area contributed by atoms with E-state index in [1.165, 1.54) is 38.5 Å². The molecule has 0 amide bonds. The van der Waals surface area contributed by atoms with E-state index in [1.807, 2.05) is 12.3 Å². The molecule has 0 atom stereocenters. The normalized spacial score (nSPS) is 18.4. The lowest BCUT2D eigenvalue weighted by molar-refractivity contribution is 0.450. The summed E-state index contributed by atoms with van der Waals surface area (Å²) in [5.74, 6) is 1.96. The molecule has 2 aromatic rings. The highest BCUT2D eigenvalue weighted by Gasteiger charge is 2.14. The fourth-order valence-electron chi connectivity index (χ4n) is 2.85. The number of nitrogens with one attached hydrogen (secondary N) is 1. The molecule has 0 bridgehead atoms. The summed E-state index contributed by atoms with van der Waals surface area (Å²) in [7, 11) is 0. The predicted molar refractivity (Wildman–Crippen MR) is 68.8 cm³/mol. The molecule has 1 aliphatic carbocycles. The summed E-state index contributed by atoms with van der Waals surface area (Å²) in [5.41, 5.74) is 2.11. The molecule has 3 heteroatoms. The molecule has 3 rings (SSSR count). The largest absolute Gasteiger partial charge is 0.341 e. The summed E-state index contributed by atoms with van der Waals surface area (Å²) in [5, 5.41) is 0. The molecule has 1 N–H and O–H groups in total. The van der Waals surface area contributed by atoms with Crippen molar-refractivity contribution in [1.82, 2.24) is 15.0 Å². The zero-order valence-corrected chi connectivity index (χ0v) is 10.2. The van der Waals surface area contributed by atoms with E-state index in [4.69, 9.17) is 0 Å². The first-order valence-corrected chi connectivity index (χ1v) is 6.70. The van der Waals surface area contributed by atoms with Crippen LogP contribution in [0.4, 0.5) is 0 Å². The number of aromatic amines is 1. The first-order chi connectivity index (χ1) is 8.42. The Hall–Kier alpha value is -1.38. The SMILES string of the molecule is c1cc2nc(CC3CCCCCC3)[nH]c2cn1. The van der Waals surface area contributed by atoms with Gasteiger partial charge in [-0.2, -0.15) is 0 Å². The first-order valence-electron chi connectivity index (χ1n) is 6.70. The molecule has 0 saturated heterocycles. The molecule has 0 unspecified atom stereocenters. The van der Waals surface area contributed by atoms with Gasteiger partial charge in [-0.3, -0.25) is 4.98 Å². The van der Waals surface area contributed by atoms with Crippen molar-refractivity contribution in [2.24, 2.45) is 5.92 Å². The van der Waals surface area contributed by atoms with Crippen LogP contribution in [0.1, 0.15) is 44.3 Å². The van der Waals surface area contributed by atoms with Crippen molar-refractivity contribution < 1.29 is 0 Å². The number of aromatic nitrogens is 3. The lowest BCUT2D eigenvalue weighted by Gasteiger charge is -2.11. The monoisotopic (exact) mass is 229 g/mol. The van der Waals surface area contributed by atoms with E-state index in [9.17, 15) is 0 Å². The van der Waals surface area contributed by atoms with Crippen LogP contribution >= 0.6 is 0 Å². The Balaban J connectivity index is 1.75. The molecule has 90 valence electrons. The zero-order chi connectivity index (χ0) is 11.5. The molecule has 2 aromatic heterocycles. The summed E-state index contributed by atoms with van der Waals surface area (Å²) >= 11 is 0. The highest BCUT2D eigenvalue weighted by molar-refractivity contribution is 5.73. The molecule has 3 nitrogen and oxygen atoms in total. The van der Waals surface area contributed by atoms with E-state index in [1.54, 1.807) is 6.20 Å². The highest BCUT2D eigenvalue weighted by Crippen LogP contribution is 2.25. The van der Waals surface area contributed by atoms with E-state index >= 15 is 0 Å². The van der Waals surface area contributed by atoms with Crippen molar-refractivity contribution in [3.63, 3.8) is 0 Å². The standard InChI is InChI=1S/C14H19N3/c1-2-4-6-11(5-3-1)9-14-16-12-7-8-15-10-13(12)17-14/h7-8,10-11H,1-6,9H2,(H,16,17). The summed E-state index contributed by atoms with van der Waals surface area (Å²) in [6, 6.07) is 1.97. The Morgan fingerprint density at radius 3 is 2.76 bits per heavy atom. The van der Waals surface area contributed by atoms with Gasteiger partial charge >= 0.3 is 0 Å². The lowest BCUT2D eigenvalue weighted by atomic mass is 9.96. The van der Waals surface area contributed by atoms with E-state index in [2.05, 4.69) is 15.0 Å². The van der Waals surface area contributed by atoms with Crippen LogP contribution in [-0.2, 0) is 6.42 Å². The Kier molecular flexibility index (Phi) is 3.08. The van der Waals surface area contributed by atoms with E-state index in [0.717, 1.165) is 29.2 Å². The summed E-state index contributed by atoms with van der Waals surface area (Å²) in [6.45, 7) is 0. The molecule has 1 fully saturated rings. The Morgan fingerprint density at radius 2 is 2.00 bits per heavy atom. The zero-order valence-electron chi connectivity index (χ0n) is 10.2. The maximum atomic E-state index is 4.64. The molecule has 0 aliphatic heterocycles. The van der Waals surface area contributed by atoms with Crippen LogP contribution < -0.4 is 0 Å². The number of hydrogen-bond donors (Lipinski definition) is 1. The molecule has 0 aromatic carbocycles. The molecule has 2 heterocycles. The van der Waals surface area contributed by atoms with Crippen molar-refractivity contribution in [3.05, 3.63) is 24.3 Å². The minimum absolute atomic E-state index is 0.825. The Bertz CT molecular complexity index is 448. The molecular weight excluding hydrogens is 210 g/mol. The van der Waals surface area contributed by atoms with Crippen LogP contribution in [-0.4, -0.2) is 15.0 Å². The van der Waals surface area contributed by atoms with Crippen LogP contribution in [0.25, 0.3) is 11.0 Å². The third kappa shape index (κ3) is 2.48. The van der Waals surface area contributed by atoms with Gasteiger partial charge in [0.15, 0.2) is 0 Å². The van der Waals surface area contributed by atoms with Gasteiger partial charge in [-0.05, 0) is 12.0 Å². The van der Waals surface area contributed by atoms with Crippen molar-refractivity contribution in [1.29, 1.82) is 0 Å². The van der Waals surface area contributed by atoms with Crippen LogP contribution in [0.5, 0.6) is 0 Å².